The average Bonchev–Trinajstić information content (AvgIpc) is 3.19. The number of hydrogen-bond acceptors (Lipinski definition) is 3. The van der Waals surface area contributed by atoms with E-state index in [2.05, 4.69) is 10.4 Å². The Kier molecular flexibility index (Phi) is 7.09. The van der Waals surface area contributed by atoms with Crippen LogP contribution in [0.2, 0.25) is 0 Å². The lowest BCUT2D eigenvalue weighted by molar-refractivity contribution is -0.249. The lowest BCUT2D eigenvalue weighted by atomic mass is 9.97. The standard InChI is InChI=1S/C22H18F7N3.ClH/c23-15-4-5-17(18(24)11-15)19-12-20(21(25,26)22(27,28)29)31-32(19)16-3-1-2-14(10-16)13-6-8-30-9-7-13;/h1-6,10-11,19,30H,7-9,12H2;1H. The molecule has 2 aliphatic heterocycles. The fraction of sp³-hybridized carbons (Fsp3) is 0.318. The predicted molar refractivity (Wildman–Crippen MR) is 114 cm³/mol. The highest BCUT2D eigenvalue weighted by atomic mass is 35.5. The van der Waals surface area contributed by atoms with E-state index in [1.54, 1.807) is 18.2 Å². The van der Waals surface area contributed by atoms with Gasteiger partial charge < -0.3 is 5.32 Å². The first kappa shape index (κ1) is 25.0. The second-order valence-electron chi connectivity index (χ2n) is 7.58. The molecule has 0 spiro atoms. The summed E-state index contributed by atoms with van der Waals surface area (Å²) in [5.41, 5.74) is 0.316. The van der Waals surface area contributed by atoms with E-state index in [-0.39, 0.29) is 23.7 Å². The van der Waals surface area contributed by atoms with Gasteiger partial charge >= 0.3 is 12.1 Å². The van der Waals surface area contributed by atoms with Crippen molar-refractivity contribution >= 4 is 29.4 Å². The molecule has 33 heavy (non-hydrogen) atoms. The Bertz CT molecular complexity index is 1080. The van der Waals surface area contributed by atoms with Gasteiger partial charge in [0, 0.05) is 24.6 Å². The fourth-order valence-electron chi connectivity index (χ4n) is 3.85. The summed E-state index contributed by atoms with van der Waals surface area (Å²) in [6, 6.07) is 7.75. The van der Waals surface area contributed by atoms with Crippen molar-refractivity contribution in [3.05, 3.63) is 71.3 Å². The normalized spacial score (nSPS) is 19.1. The van der Waals surface area contributed by atoms with Gasteiger partial charge in [0.15, 0.2) is 0 Å². The molecule has 0 saturated heterocycles. The molecule has 11 heteroatoms. The second kappa shape index (κ2) is 9.34. The highest BCUT2D eigenvalue weighted by molar-refractivity contribution is 5.95. The van der Waals surface area contributed by atoms with Crippen molar-refractivity contribution in [3.63, 3.8) is 0 Å². The van der Waals surface area contributed by atoms with E-state index in [1.807, 2.05) is 6.08 Å². The Morgan fingerprint density at radius 1 is 1.00 bits per heavy atom. The van der Waals surface area contributed by atoms with Crippen molar-refractivity contribution in [1.29, 1.82) is 0 Å². The maximum absolute atomic E-state index is 14.5. The largest absolute Gasteiger partial charge is 0.459 e. The second-order valence-corrected chi connectivity index (χ2v) is 7.58. The predicted octanol–water partition coefficient (Wildman–Crippen LogP) is 6.27. The molecular weight excluding hydrogens is 475 g/mol. The molecule has 2 aliphatic rings. The van der Waals surface area contributed by atoms with E-state index in [4.69, 9.17) is 0 Å². The van der Waals surface area contributed by atoms with Crippen LogP contribution in [0.4, 0.5) is 36.4 Å². The Morgan fingerprint density at radius 2 is 1.76 bits per heavy atom. The molecule has 0 amide bonds. The van der Waals surface area contributed by atoms with E-state index in [1.165, 1.54) is 6.07 Å². The minimum Gasteiger partial charge on any atom is -0.313 e. The Morgan fingerprint density at radius 3 is 2.39 bits per heavy atom. The quantitative estimate of drug-likeness (QED) is 0.508. The molecule has 1 N–H and O–H groups in total. The van der Waals surface area contributed by atoms with Gasteiger partial charge in [-0.3, -0.25) is 5.01 Å². The van der Waals surface area contributed by atoms with E-state index >= 15 is 0 Å². The fourth-order valence-corrected chi connectivity index (χ4v) is 3.85. The minimum atomic E-state index is -5.85. The lowest BCUT2D eigenvalue weighted by Gasteiger charge is -2.25. The van der Waals surface area contributed by atoms with Crippen molar-refractivity contribution < 1.29 is 30.7 Å². The van der Waals surface area contributed by atoms with Crippen LogP contribution in [0.5, 0.6) is 0 Å². The molecule has 0 fully saturated rings. The van der Waals surface area contributed by atoms with Crippen molar-refractivity contribution in [2.75, 3.05) is 18.1 Å². The highest BCUT2D eigenvalue weighted by Gasteiger charge is 2.63. The summed E-state index contributed by atoms with van der Waals surface area (Å²) in [6.45, 7) is 1.39. The summed E-state index contributed by atoms with van der Waals surface area (Å²) in [4.78, 5) is 0. The maximum Gasteiger partial charge on any atom is 0.459 e. The molecule has 178 valence electrons. The van der Waals surface area contributed by atoms with Crippen molar-refractivity contribution in [2.24, 2.45) is 5.10 Å². The monoisotopic (exact) mass is 493 g/mol. The van der Waals surface area contributed by atoms with E-state index in [9.17, 15) is 30.7 Å². The summed E-state index contributed by atoms with van der Waals surface area (Å²) >= 11 is 0. The number of halogens is 8. The molecule has 2 aromatic carbocycles. The zero-order chi connectivity index (χ0) is 23.1. The van der Waals surface area contributed by atoms with Crippen LogP contribution in [-0.2, 0) is 0 Å². The highest BCUT2D eigenvalue weighted by Crippen LogP contribution is 2.45. The van der Waals surface area contributed by atoms with Gasteiger partial charge in [0.05, 0.1) is 11.7 Å². The molecule has 2 aromatic rings. The van der Waals surface area contributed by atoms with Gasteiger partial charge in [0.2, 0.25) is 0 Å². The van der Waals surface area contributed by atoms with Crippen LogP contribution in [0.3, 0.4) is 0 Å². The van der Waals surface area contributed by atoms with E-state index in [0.717, 1.165) is 34.8 Å². The van der Waals surface area contributed by atoms with Gasteiger partial charge in [-0.2, -0.15) is 27.1 Å². The smallest absolute Gasteiger partial charge is 0.313 e. The third kappa shape index (κ3) is 4.86. The number of alkyl halides is 5. The molecule has 3 nitrogen and oxygen atoms in total. The number of rotatable bonds is 4. The van der Waals surface area contributed by atoms with Gasteiger partial charge in [0.25, 0.3) is 0 Å². The number of nitrogens with zero attached hydrogens (tertiary/aromatic N) is 2. The van der Waals surface area contributed by atoms with Crippen molar-refractivity contribution in [2.45, 2.75) is 31.0 Å². The van der Waals surface area contributed by atoms with Crippen LogP contribution in [0.1, 0.15) is 30.0 Å². The first-order chi connectivity index (χ1) is 15.1. The molecule has 4 rings (SSSR count). The molecule has 2 heterocycles. The molecule has 0 bridgehead atoms. The number of hydrazone groups is 1. The SMILES string of the molecule is Cl.Fc1ccc(C2CC(C(F)(F)C(F)(F)F)=NN2c2cccc(C3=CCNCC3)c2)c(F)c1. The molecule has 0 saturated carbocycles. The third-order valence-corrected chi connectivity index (χ3v) is 5.50. The Hall–Kier alpha value is -2.59. The Balaban J connectivity index is 0.00000306. The van der Waals surface area contributed by atoms with Crippen LogP contribution in [0.15, 0.2) is 53.6 Å². The van der Waals surface area contributed by atoms with Gasteiger partial charge in [-0.15, -0.1) is 12.4 Å². The van der Waals surface area contributed by atoms with Crippen LogP contribution < -0.4 is 10.3 Å². The van der Waals surface area contributed by atoms with Crippen LogP contribution in [0, 0.1) is 11.6 Å². The summed E-state index contributed by atoms with van der Waals surface area (Å²) < 4.78 is 95.0. The molecule has 1 atom stereocenters. The summed E-state index contributed by atoms with van der Waals surface area (Å²) in [5, 5.41) is 7.71. The summed E-state index contributed by atoms with van der Waals surface area (Å²) in [5.74, 6) is -7.13. The van der Waals surface area contributed by atoms with Crippen molar-refractivity contribution in [3.8, 4) is 0 Å². The number of hydrogen-bond donors (Lipinski definition) is 1. The molecular formula is C22H19ClF7N3. The number of anilines is 1. The first-order valence-corrected chi connectivity index (χ1v) is 9.85. The summed E-state index contributed by atoms with van der Waals surface area (Å²) in [7, 11) is 0. The van der Waals surface area contributed by atoms with Crippen LogP contribution in [0.25, 0.3) is 5.57 Å². The third-order valence-electron chi connectivity index (χ3n) is 5.50. The average molecular weight is 494 g/mol. The van der Waals surface area contributed by atoms with Gasteiger partial charge in [0.1, 0.15) is 17.3 Å². The lowest BCUT2D eigenvalue weighted by Crippen LogP contribution is -2.43. The number of benzene rings is 2. The first-order valence-electron chi connectivity index (χ1n) is 9.85. The Labute approximate surface area is 191 Å². The molecule has 0 radical (unpaired) electrons. The summed E-state index contributed by atoms with van der Waals surface area (Å²) in [6.07, 6.45) is -4.06. The number of nitrogens with one attached hydrogen (secondary N) is 1. The zero-order valence-corrected chi connectivity index (χ0v) is 17.8. The zero-order valence-electron chi connectivity index (χ0n) is 17.0. The topological polar surface area (TPSA) is 27.6 Å². The van der Waals surface area contributed by atoms with Gasteiger partial charge in [-0.25, -0.2) is 8.78 Å². The maximum atomic E-state index is 14.5. The molecule has 0 aliphatic carbocycles. The van der Waals surface area contributed by atoms with Gasteiger partial charge in [-0.1, -0.05) is 24.3 Å². The molecule has 1 unspecified atom stereocenters. The minimum absolute atomic E-state index is 0. The van der Waals surface area contributed by atoms with Crippen molar-refractivity contribution in [1.82, 2.24) is 5.32 Å². The van der Waals surface area contributed by atoms with Crippen LogP contribution in [-0.4, -0.2) is 30.9 Å². The van der Waals surface area contributed by atoms with Crippen LogP contribution >= 0.6 is 12.4 Å². The molecule has 0 aromatic heterocycles. The van der Waals surface area contributed by atoms with E-state index in [0.29, 0.717) is 19.0 Å². The van der Waals surface area contributed by atoms with E-state index < -0.39 is 41.9 Å². The van der Waals surface area contributed by atoms with Gasteiger partial charge in [-0.05, 0) is 42.3 Å².